The molecule has 54 valence electrons. The third-order valence-electron chi connectivity index (χ3n) is 1.28. The second kappa shape index (κ2) is 3.28. The molecule has 10 heavy (non-hydrogen) atoms. The average molecular weight is 282 g/mol. The Morgan fingerprint density at radius 3 is 2.40 bits per heavy atom. The molecule has 0 spiro atoms. The van der Waals surface area contributed by atoms with Crippen molar-refractivity contribution < 1.29 is 0 Å². The van der Waals surface area contributed by atoms with Gasteiger partial charge in [0.25, 0.3) is 0 Å². The quantitative estimate of drug-likeness (QED) is 0.687. The largest absolute Gasteiger partial charge is 0.143 e. The second-order valence-corrected chi connectivity index (χ2v) is 4.28. The smallest absolute Gasteiger partial charge is 0.0226 e. The first-order valence-corrected chi connectivity index (χ1v) is 4.79. The molecular formula is C7H6Br2S. The lowest BCUT2D eigenvalue weighted by Crippen LogP contribution is -1.78. The number of rotatable bonds is 0. The molecule has 0 bridgehead atoms. The highest BCUT2D eigenvalue weighted by Gasteiger charge is 1.99. The van der Waals surface area contributed by atoms with E-state index in [9.17, 15) is 0 Å². The van der Waals surface area contributed by atoms with Gasteiger partial charge in [-0.3, -0.25) is 0 Å². The molecule has 1 rings (SSSR count). The Hall–Kier alpha value is 0.530. The summed E-state index contributed by atoms with van der Waals surface area (Å²) in [5.74, 6) is 0. The molecule has 0 nitrogen and oxygen atoms in total. The van der Waals surface area contributed by atoms with Gasteiger partial charge in [-0.25, -0.2) is 0 Å². The van der Waals surface area contributed by atoms with E-state index in [-0.39, 0.29) is 0 Å². The maximum absolute atomic E-state index is 4.28. The number of halogens is 2. The van der Waals surface area contributed by atoms with Gasteiger partial charge in [-0.2, -0.15) is 0 Å². The van der Waals surface area contributed by atoms with Crippen LogP contribution >= 0.6 is 44.5 Å². The van der Waals surface area contributed by atoms with Crippen molar-refractivity contribution in [1.82, 2.24) is 0 Å². The van der Waals surface area contributed by atoms with Gasteiger partial charge in [0.05, 0.1) is 0 Å². The first-order valence-electron chi connectivity index (χ1n) is 2.76. The van der Waals surface area contributed by atoms with Gasteiger partial charge in [0.15, 0.2) is 0 Å². The zero-order valence-corrected chi connectivity index (χ0v) is 9.42. The summed E-state index contributed by atoms with van der Waals surface area (Å²) < 4.78 is 2.14. The predicted molar refractivity (Wildman–Crippen MR) is 53.8 cm³/mol. The predicted octanol–water partition coefficient (Wildman–Crippen LogP) is 3.81. The van der Waals surface area contributed by atoms with E-state index in [1.54, 1.807) is 0 Å². The van der Waals surface area contributed by atoms with Crippen molar-refractivity contribution in [3.05, 3.63) is 26.6 Å². The molecule has 0 aromatic heterocycles. The van der Waals surface area contributed by atoms with Crippen LogP contribution in [-0.2, 0) is 0 Å². The first kappa shape index (κ1) is 8.62. The van der Waals surface area contributed by atoms with Crippen molar-refractivity contribution in [2.75, 3.05) is 0 Å². The molecule has 0 atom stereocenters. The number of hydrogen-bond donors (Lipinski definition) is 1. The van der Waals surface area contributed by atoms with Crippen LogP contribution in [-0.4, -0.2) is 0 Å². The molecule has 0 saturated carbocycles. The van der Waals surface area contributed by atoms with Gasteiger partial charge in [0.1, 0.15) is 0 Å². The van der Waals surface area contributed by atoms with Crippen LogP contribution in [0.5, 0.6) is 0 Å². The standard InChI is InChI=1S/C7H6Br2S/c1-4-6(9)2-5(8)3-7(4)10/h2-3,10H,1H3. The van der Waals surface area contributed by atoms with E-state index in [0.717, 1.165) is 13.8 Å². The normalized spacial score (nSPS) is 10.0. The Kier molecular flexibility index (Phi) is 2.83. The van der Waals surface area contributed by atoms with Crippen LogP contribution in [0.1, 0.15) is 5.56 Å². The highest BCUT2D eigenvalue weighted by Crippen LogP contribution is 2.27. The third-order valence-corrected chi connectivity index (χ3v) is 3.03. The summed E-state index contributed by atoms with van der Waals surface area (Å²) in [6, 6.07) is 3.98. The Morgan fingerprint density at radius 1 is 1.30 bits per heavy atom. The van der Waals surface area contributed by atoms with E-state index < -0.39 is 0 Å². The van der Waals surface area contributed by atoms with E-state index in [1.165, 1.54) is 5.56 Å². The van der Waals surface area contributed by atoms with Crippen LogP contribution in [0.25, 0.3) is 0 Å². The first-order chi connectivity index (χ1) is 4.61. The number of benzene rings is 1. The molecule has 0 heterocycles. The van der Waals surface area contributed by atoms with E-state index in [1.807, 2.05) is 19.1 Å². The zero-order valence-electron chi connectivity index (χ0n) is 5.36. The molecule has 3 heteroatoms. The Balaban J connectivity index is 3.31. The molecule has 0 aliphatic rings. The summed E-state index contributed by atoms with van der Waals surface area (Å²) >= 11 is 11.1. The fraction of sp³-hybridized carbons (Fsp3) is 0.143. The minimum atomic E-state index is 1.00. The monoisotopic (exact) mass is 280 g/mol. The van der Waals surface area contributed by atoms with Crippen LogP contribution in [0.4, 0.5) is 0 Å². The SMILES string of the molecule is Cc1c(S)cc(Br)cc1Br. The zero-order chi connectivity index (χ0) is 7.72. The van der Waals surface area contributed by atoms with Gasteiger partial charge in [-0.1, -0.05) is 31.9 Å². The van der Waals surface area contributed by atoms with Gasteiger partial charge >= 0.3 is 0 Å². The van der Waals surface area contributed by atoms with Crippen LogP contribution in [0.3, 0.4) is 0 Å². The summed E-state index contributed by atoms with van der Waals surface area (Å²) in [5.41, 5.74) is 1.17. The van der Waals surface area contributed by atoms with Crippen LogP contribution in [0.2, 0.25) is 0 Å². The average Bonchev–Trinajstić information content (AvgIpc) is 1.82. The number of hydrogen-bond acceptors (Lipinski definition) is 1. The van der Waals surface area contributed by atoms with Gasteiger partial charge in [-0.15, -0.1) is 12.6 Å². The van der Waals surface area contributed by atoms with Gasteiger partial charge < -0.3 is 0 Å². The summed E-state index contributed by atoms with van der Waals surface area (Å²) in [6.45, 7) is 2.03. The maximum Gasteiger partial charge on any atom is 0.0226 e. The highest BCUT2D eigenvalue weighted by molar-refractivity contribution is 9.11. The molecule has 1 aromatic carbocycles. The van der Waals surface area contributed by atoms with Crippen molar-refractivity contribution in [1.29, 1.82) is 0 Å². The summed E-state index contributed by atoms with van der Waals surface area (Å²) in [6.07, 6.45) is 0. The van der Waals surface area contributed by atoms with Gasteiger partial charge in [0, 0.05) is 13.8 Å². The van der Waals surface area contributed by atoms with Gasteiger partial charge in [0.2, 0.25) is 0 Å². The molecule has 0 saturated heterocycles. The fourth-order valence-corrected chi connectivity index (χ4v) is 2.45. The Morgan fingerprint density at radius 2 is 1.90 bits per heavy atom. The van der Waals surface area contributed by atoms with Crippen LogP contribution in [0, 0.1) is 6.92 Å². The summed E-state index contributed by atoms with van der Waals surface area (Å²) in [7, 11) is 0. The van der Waals surface area contributed by atoms with Crippen molar-refractivity contribution in [3.8, 4) is 0 Å². The number of thiol groups is 1. The van der Waals surface area contributed by atoms with Crippen molar-refractivity contribution >= 4 is 44.5 Å². The molecule has 1 aromatic rings. The summed E-state index contributed by atoms with van der Waals surface area (Å²) in [4.78, 5) is 1.00. The lowest BCUT2D eigenvalue weighted by atomic mass is 10.2. The second-order valence-electron chi connectivity index (χ2n) is 2.03. The Bertz CT molecular complexity index is 235. The van der Waals surface area contributed by atoms with E-state index in [0.29, 0.717) is 0 Å². The molecule has 0 N–H and O–H groups in total. The van der Waals surface area contributed by atoms with Crippen molar-refractivity contribution in [2.45, 2.75) is 11.8 Å². The van der Waals surface area contributed by atoms with E-state index >= 15 is 0 Å². The molecule has 0 amide bonds. The molecular weight excluding hydrogens is 276 g/mol. The van der Waals surface area contributed by atoms with E-state index in [4.69, 9.17) is 0 Å². The van der Waals surface area contributed by atoms with Crippen molar-refractivity contribution in [2.24, 2.45) is 0 Å². The minimum absolute atomic E-state index is 1.00. The van der Waals surface area contributed by atoms with E-state index in [2.05, 4.69) is 44.5 Å². The lowest BCUT2D eigenvalue weighted by Gasteiger charge is -2.01. The lowest BCUT2D eigenvalue weighted by molar-refractivity contribution is 1.27. The molecule has 0 aliphatic heterocycles. The van der Waals surface area contributed by atoms with Crippen LogP contribution < -0.4 is 0 Å². The summed E-state index contributed by atoms with van der Waals surface area (Å²) in [5, 5.41) is 0. The topological polar surface area (TPSA) is 0 Å². The maximum atomic E-state index is 4.28. The fourth-order valence-electron chi connectivity index (χ4n) is 0.632. The van der Waals surface area contributed by atoms with Crippen LogP contribution in [0.15, 0.2) is 26.0 Å². The Labute approximate surface area is 82.7 Å². The van der Waals surface area contributed by atoms with Crippen molar-refractivity contribution in [3.63, 3.8) is 0 Å². The minimum Gasteiger partial charge on any atom is -0.143 e. The molecule has 0 radical (unpaired) electrons. The van der Waals surface area contributed by atoms with Gasteiger partial charge in [-0.05, 0) is 24.6 Å². The molecule has 0 aliphatic carbocycles. The third kappa shape index (κ3) is 1.77. The highest BCUT2D eigenvalue weighted by atomic mass is 79.9. The molecule has 0 fully saturated rings. The molecule has 0 unspecified atom stereocenters.